The van der Waals surface area contributed by atoms with Gasteiger partial charge in [-0.2, -0.15) is 0 Å². The van der Waals surface area contributed by atoms with Crippen molar-refractivity contribution in [1.29, 1.82) is 0 Å². The van der Waals surface area contributed by atoms with Crippen LogP contribution < -0.4 is 21.3 Å². The fourth-order valence-electron chi connectivity index (χ4n) is 14.1. The van der Waals surface area contributed by atoms with Crippen LogP contribution >= 0.6 is 15.9 Å². The van der Waals surface area contributed by atoms with Gasteiger partial charge in [-0.25, -0.2) is 4.39 Å². The molecule has 0 aromatic carbocycles. The summed E-state index contributed by atoms with van der Waals surface area (Å²) in [6.45, 7) is 15.8. The monoisotopic (exact) mass is 1420 g/mol. The van der Waals surface area contributed by atoms with Crippen molar-refractivity contribution in [3.63, 3.8) is 0 Å². The Kier molecular flexibility index (Phi) is 30.9. The molecular formula is C69H116BrFN12O13. The van der Waals surface area contributed by atoms with Gasteiger partial charge in [0.2, 0.25) is 70.9 Å². The highest BCUT2D eigenvalue weighted by molar-refractivity contribution is 9.09. The van der Waals surface area contributed by atoms with Gasteiger partial charge in [-0.15, -0.1) is 0 Å². The van der Waals surface area contributed by atoms with Crippen molar-refractivity contribution < 1.29 is 66.7 Å². The first-order valence-corrected chi connectivity index (χ1v) is 36.2. The summed E-state index contributed by atoms with van der Waals surface area (Å²) >= 11 is 3.57. The largest absolute Gasteiger partial charge is 0.381 e. The molecule has 3 unspecified atom stereocenters. The molecule has 2 aliphatic carbocycles. The summed E-state index contributed by atoms with van der Waals surface area (Å²) in [5.41, 5.74) is -1.70. The molecule has 5 aliphatic rings. The number of likely N-dealkylation sites (N-methyl/N-ethyl adjacent to an activating group) is 6. The number of likely N-dealkylation sites (tertiary alicyclic amines) is 1. The number of unbranched alkanes of at least 4 members (excludes halogenated alkanes) is 1. The smallest absolute Gasteiger partial charge is 0.246 e. The number of carbonyl (C=O) groups excluding carboxylic acids is 12. The molecule has 544 valence electrons. The van der Waals surface area contributed by atoms with Crippen LogP contribution in [0.15, 0.2) is 0 Å². The van der Waals surface area contributed by atoms with Crippen LogP contribution in [0.1, 0.15) is 191 Å². The highest BCUT2D eigenvalue weighted by Crippen LogP contribution is 2.35. The van der Waals surface area contributed by atoms with E-state index in [4.69, 9.17) is 4.74 Å². The Labute approximate surface area is 578 Å². The second kappa shape index (κ2) is 36.7. The molecule has 12 amide bonds. The number of rotatable bonds is 14. The van der Waals surface area contributed by atoms with E-state index in [1.54, 1.807) is 25.9 Å². The van der Waals surface area contributed by atoms with Gasteiger partial charge in [0.15, 0.2) is 0 Å². The van der Waals surface area contributed by atoms with Crippen molar-refractivity contribution in [3.8, 4) is 0 Å². The molecule has 4 N–H and O–H groups in total. The normalized spacial score (nSPS) is 31.5. The summed E-state index contributed by atoms with van der Waals surface area (Å²) in [6.07, 6.45) is 6.44. The summed E-state index contributed by atoms with van der Waals surface area (Å²) in [4.78, 5) is 188. The zero-order valence-corrected chi connectivity index (χ0v) is 61.9. The molecule has 0 bridgehead atoms. The lowest BCUT2D eigenvalue weighted by atomic mass is 9.82. The highest BCUT2D eigenvalue weighted by atomic mass is 79.9. The van der Waals surface area contributed by atoms with Gasteiger partial charge in [0, 0.05) is 73.9 Å². The molecule has 0 radical (unpaired) electrons. The number of alkyl halides is 2. The Hall–Kier alpha value is -5.99. The predicted molar refractivity (Wildman–Crippen MR) is 365 cm³/mol. The number of amides is 12. The number of hydrogen-bond donors (Lipinski definition) is 4. The minimum absolute atomic E-state index is 0.0243. The molecule has 0 aromatic rings. The number of piperidine rings is 1. The Morgan fingerprint density at radius 3 is 1.86 bits per heavy atom. The molecule has 13 atom stereocenters. The Balaban J connectivity index is 1.60. The Bertz CT molecular complexity index is 2720. The lowest BCUT2D eigenvalue weighted by Crippen LogP contribution is -2.65. The van der Waals surface area contributed by atoms with E-state index in [2.05, 4.69) is 37.2 Å². The van der Waals surface area contributed by atoms with Gasteiger partial charge >= 0.3 is 0 Å². The van der Waals surface area contributed by atoms with E-state index in [0.717, 1.165) is 19.3 Å². The SMILES string of the molecule is CCCC[C@@H]1NC(=O)[C@H](CC2CC(F)CC(Br)C2)NC(=O)CN(C)C(=O)[C@H](CC2CCC(OC)CC2)N(C)C(=O)[C@@H]2CCN2C(=O)[C@H](C)N(C)C(=O)[C@H]([C@@H](C)CC)NC(=O)[C@H](CC)N(C)C(=O)C[C@@H](C(=O)N2CCCCC2)N(C)C(=O)[C@H](CC(C)C)NC(=O)C(C)(C)N(C)C1=O. The lowest BCUT2D eigenvalue weighted by Gasteiger charge is -2.45. The number of hydrogen-bond acceptors (Lipinski definition) is 13. The van der Waals surface area contributed by atoms with Crippen molar-refractivity contribution >= 4 is 86.8 Å². The number of carbonyl (C=O) groups is 12. The van der Waals surface area contributed by atoms with Crippen molar-refractivity contribution in [2.45, 2.75) is 268 Å². The second-order valence-corrected chi connectivity index (χ2v) is 30.3. The fraction of sp³-hybridized carbons (Fsp3) is 0.826. The minimum atomic E-state index is -1.70. The van der Waals surface area contributed by atoms with E-state index in [9.17, 15) is 52.7 Å². The molecule has 0 aromatic heterocycles. The third-order valence-corrected chi connectivity index (χ3v) is 22.0. The standard InChI is InChI=1S/C69H116BrFN12O13/c1-17-20-24-49-63(90)81(15)69(8,9)68(95)74-51(33-41(4)5)62(89)79(13)55(66(93)82-30-22-21-23-31-82)39-57(85)78(12)52(19-3)60(87)75-58(42(6)18-2)67(94)77(11)43(7)61(88)83-32-29-53(83)65(92)80(14)54(37-44-25-27-48(96-16)28-26-44)64(91)76(10)40-56(84)72-50(59(86)73-49)36-45-34-46(70)38-47(71)35-45/h41-55,58H,17-40H2,1-16H3,(H,72,84)(H,73,86)(H,74,95)(H,75,87)/t42-,43-,44?,45?,46?,47?,48?,49-,50-,51-,52-,53-,54-,55-,58-/m0/s1. The maximum atomic E-state index is 15.3. The number of ether oxygens (including phenoxy) is 1. The minimum Gasteiger partial charge on any atom is -0.381 e. The van der Waals surface area contributed by atoms with Gasteiger partial charge in [0.1, 0.15) is 66.1 Å². The maximum absolute atomic E-state index is 15.3. The molecule has 96 heavy (non-hydrogen) atoms. The van der Waals surface area contributed by atoms with Crippen molar-refractivity contribution in [2.75, 3.05) is 75.6 Å². The van der Waals surface area contributed by atoms with Gasteiger partial charge in [-0.1, -0.05) is 76.7 Å². The topological polar surface area (TPSA) is 288 Å². The average Bonchev–Trinajstić information content (AvgIpc) is 0.786. The zero-order valence-electron chi connectivity index (χ0n) is 60.3. The third-order valence-electron chi connectivity index (χ3n) is 21.3. The van der Waals surface area contributed by atoms with E-state index < -0.39 is 162 Å². The number of halogens is 2. The predicted octanol–water partition coefficient (Wildman–Crippen LogP) is 4.55. The van der Waals surface area contributed by atoms with E-state index in [-0.39, 0.29) is 80.7 Å². The van der Waals surface area contributed by atoms with Crippen LogP contribution in [0.5, 0.6) is 0 Å². The molecule has 27 heteroatoms. The first-order chi connectivity index (χ1) is 45.1. The molecule has 5 rings (SSSR count). The summed E-state index contributed by atoms with van der Waals surface area (Å²) in [6, 6.07) is -10.9. The average molecular weight is 1420 g/mol. The van der Waals surface area contributed by atoms with Crippen molar-refractivity contribution in [3.05, 3.63) is 0 Å². The first-order valence-electron chi connectivity index (χ1n) is 35.3. The van der Waals surface area contributed by atoms with E-state index in [1.165, 1.54) is 97.4 Å². The van der Waals surface area contributed by atoms with Gasteiger partial charge in [0.05, 0.1) is 19.1 Å². The van der Waals surface area contributed by atoms with E-state index in [0.29, 0.717) is 64.5 Å². The van der Waals surface area contributed by atoms with Gasteiger partial charge in [-0.3, -0.25) is 57.5 Å². The first kappa shape index (κ1) is 80.7. The third kappa shape index (κ3) is 20.8. The van der Waals surface area contributed by atoms with Crippen LogP contribution in [0.25, 0.3) is 0 Å². The Morgan fingerprint density at radius 1 is 0.656 bits per heavy atom. The number of fused-ring (bicyclic) bond motifs is 1. The maximum Gasteiger partial charge on any atom is 0.246 e. The van der Waals surface area contributed by atoms with Gasteiger partial charge in [-0.05, 0) is 147 Å². The molecule has 3 aliphatic heterocycles. The van der Waals surface area contributed by atoms with Crippen LogP contribution in [-0.4, -0.2) is 263 Å². The lowest BCUT2D eigenvalue weighted by molar-refractivity contribution is -0.160. The molecule has 2 saturated carbocycles. The number of nitrogens with one attached hydrogen (secondary N) is 4. The van der Waals surface area contributed by atoms with E-state index >= 15 is 9.18 Å². The van der Waals surface area contributed by atoms with Crippen LogP contribution in [0.2, 0.25) is 0 Å². The molecule has 5 fully saturated rings. The van der Waals surface area contributed by atoms with Crippen LogP contribution in [-0.2, 0) is 62.3 Å². The Morgan fingerprint density at radius 2 is 1.30 bits per heavy atom. The summed E-state index contributed by atoms with van der Waals surface area (Å²) < 4.78 is 20.9. The summed E-state index contributed by atoms with van der Waals surface area (Å²) in [7, 11) is 10.2. The van der Waals surface area contributed by atoms with Gasteiger partial charge < -0.3 is 65.2 Å². The second-order valence-electron chi connectivity index (χ2n) is 29.0. The quantitative estimate of drug-likeness (QED) is 0.174. The van der Waals surface area contributed by atoms with Crippen molar-refractivity contribution in [2.24, 2.45) is 23.7 Å². The molecule has 25 nitrogen and oxygen atoms in total. The summed E-state index contributed by atoms with van der Waals surface area (Å²) in [5.74, 6) is -8.77. The van der Waals surface area contributed by atoms with Crippen LogP contribution in [0.4, 0.5) is 4.39 Å². The molecular weight excluding hydrogens is 1300 g/mol. The van der Waals surface area contributed by atoms with Crippen molar-refractivity contribution in [1.82, 2.24) is 60.5 Å². The van der Waals surface area contributed by atoms with Crippen LogP contribution in [0.3, 0.4) is 0 Å². The molecule has 3 heterocycles. The fourth-order valence-corrected chi connectivity index (χ4v) is 15.0. The van der Waals surface area contributed by atoms with Gasteiger partial charge in [0.25, 0.3) is 0 Å². The molecule has 0 spiro atoms. The highest BCUT2D eigenvalue weighted by Gasteiger charge is 2.48. The zero-order chi connectivity index (χ0) is 71.8. The van der Waals surface area contributed by atoms with Crippen LogP contribution in [0, 0.1) is 23.7 Å². The molecule has 3 saturated heterocycles. The number of methoxy groups -OCH3 is 1. The number of nitrogens with zero attached hydrogens (tertiary/aromatic N) is 8. The summed E-state index contributed by atoms with van der Waals surface area (Å²) in [5, 5.41) is 11.5. The van der Waals surface area contributed by atoms with E-state index in [1.807, 2.05) is 27.7 Å².